The lowest BCUT2D eigenvalue weighted by molar-refractivity contribution is -0.609. The molecule has 0 amide bonds. The zero-order chi connectivity index (χ0) is 12.4. The fourth-order valence-corrected chi connectivity index (χ4v) is 2.40. The second-order valence-electron chi connectivity index (χ2n) is 4.67. The van der Waals surface area contributed by atoms with Gasteiger partial charge in [-0.3, -0.25) is 0 Å². The van der Waals surface area contributed by atoms with E-state index >= 15 is 0 Å². The molecule has 0 aliphatic heterocycles. The minimum Gasteiger partial charge on any atom is -0.162 e. The minimum atomic E-state index is 1.09. The van der Waals surface area contributed by atoms with E-state index in [2.05, 4.69) is 68.7 Å². The van der Waals surface area contributed by atoms with Crippen LogP contribution >= 0.6 is 0 Å². The molecular formula is C16H20N+. The SMILES string of the molecule is CCc1ccc(-[n+]2c(C)cc(C)cc2C)cc1. The van der Waals surface area contributed by atoms with Crippen molar-refractivity contribution in [3.05, 3.63) is 58.9 Å². The van der Waals surface area contributed by atoms with Crippen LogP contribution < -0.4 is 4.57 Å². The molecule has 0 unspecified atom stereocenters. The van der Waals surface area contributed by atoms with Crippen LogP contribution in [0.25, 0.3) is 5.69 Å². The van der Waals surface area contributed by atoms with Crippen LogP contribution in [-0.2, 0) is 6.42 Å². The minimum absolute atomic E-state index is 1.09. The Labute approximate surface area is 104 Å². The maximum Gasteiger partial charge on any atom is 0.211 e. The molecule has 0 saturated heterocycles. The summed E-state index contributed by atoms with van der Waals surface area (Å²) in [7, 11) is 0. The van der Waals surface area contributed by atoms with Crippen molar-refractivity contribution in [2.45, 2.75) is 34.1 Å². The number of benzene rings is 1. The van der Waals surface area contributed by atoms with Crippen molar-refractivity contribution in [2.24, 2.45) is 0 Å². The van der Waals surface area contributed by atoms with Crippen molar-refractivity contribution in [2.75, 3.05) is 0 Å². The molecule has 2 aromatic rings. The van der Waals surface area contributed by atoms with Gasteiger partial charge in [0.15, 0.2) is 11.4 Å². The fraction of sp³-hybridized carbons (Fsp3) is 0.312. The molecule has 0 spiro atoms. The normalized spacial score (nSPS) is 10.6. The van der Waals surface area contributed by atoms with E-state index in [9.17, 15) is 0 Å². The predicted octanol–water partition coefficient (Wildman–Crippen LogP) is 3.45. The molecule has 0 atom stereocenters. The van der Waals surface area contributed by atoms with Gasteiger partial charge in [0.05, 0.1) is 0 Å². The van der Waals surface area contributed by atoms with Crippen LogP contribution in [-0.4, -0.2) is 0 Å². The highest BCUT2D eigenvalue weighted by atomic mass is 15.0. The molecular weight excluding hydrogens is 206 g/mol. The molecule has 0 aliphatic carbocycles. The van der Waals surface area contributed by atoms with Crippen LogP contribution in [0.1, 0.15) is 29.4 Å². The summed E-state index contributed by atoms with van der Waals surface area (Å²) in [6.45, 7) is 8.65. The first kappa shape index (κ1) is 11.8. The average molecular weight is 226 g/mol. The van der Waals surface area contributed by atoms with Crippen molar-refractivity contribution < 1.29 is 4.57 Å². The van der Waals surface area contributed by atoms with E-state index in [0.717, 1.165) is 6.42 Å². The Balaban J connectivity index is 2.52. The largest absolute Gasteiger partial charge is 0.211 e. The summed E-state index contributed by atoms with van der Waals surface area (Å²) < 4.78 is 2.30. The Morgan fingerprint density at radius 2 is 1.41 bits per heavy atom. The van der Waals surface area contributed by atoms with Gasteiger partial charge < -0.3 is 0 Å². The van der Waals surface area contributed by atoms with E-state index in [-0.39, 0.29) is 0 Å². The molecule has 88 valence electrons. The number of nitrogens with zero attached hydrogens (tertiary/aromatic N) is 1. The predicted molar refractivity (Wildman–Crippen MR) is 71.6 cm³/mol. The molecule has 0 radical (unpaired) electrons. The summed E-state index contributed by atoms with van der Waals surface area (Å²) in [4.78, 5) is 0. The van der Waals surface area contributed by atoms with E-state index in [0.29, 0.717) is 0 Å². The van der Waals surface area contributed by atoms with Gasteiger partial charge in [-0.1, -0.05) is 19.1 Å². The summed E-state index contributed by atoms with van der Waals surface area (Å²) in [5.41, 5.74) is 6.52. The monoisotopic (exact) mass is 226 g/mol. The van der Waals surface area contributed by atoms with Gasteiger partial charge in [-0.2, -0.15) is 4.57 Å². The third-order valence-electron chi connectivity index (χ3n) is 3.18. The smallest absolute Gasteiger partial charge is 0.162 e. The van der Waals surface area contributed by atoms with Gasteiger partial charge in [-0.15, -0.1) is 0 Å². The molecule has 1 nitrogen and oxygen atoms in total. The van der Waals surface area contributed by atoms with Crippen LogP contribution in [0.5, 0.6) is 0 Å². The van der Waals surface area contributed by atoms with E-state index in [4.69, 9.17) is 0 Å². The van der Waals surface area contributed by atoms with E-state index in [1.807, 2.05) is 0 Å². The highest BCUT2D eigenvalue weighted by molar-refractivity contribution is 5.29. The highest BCUT2D eigenvalue weighted by Gasteiger charge is 2.14. The highest BCUT2D eigenvalue weighted by Crippen LogP contribution is 2.09. The van der Waals surface area contributed by atoms with Gasteiger partial charge in [0, 0.05) is 38.1 Å². The van der Waals surface area contributed by atoms with Crippen molar-refractivity contribution in [1.82, 2.24) is 0 Å². The van der Waals surface area contributed by atoms with Crippen molar-refractivity contribution >= 4 is 0 Å². The quantitative estimate of drug-likeness (QED) is 0.691. The van der Waals surface area contributed by atoms with Gasteiger partial charge in [0.25, 0.3) is 0 Å². The van der Waals surface area contributed by atoms with Gasteiger partial charge in [0.2, 0.25) is 5.69 Å². The Morgan fingerprint density at radius 1 is 0.882 bits per heavy atom. The molecule has 0 bridgehead atoms. The molecule has 1 heterocycles. The lowest BCUT2D eigenvalue weighted by atomic mass is 10.1. The molecule has 17 heavy (non-hydrogen) atoms. The lowest BCUT2D eigenvalue weighted by Gasteiger charge is -2.05. The number of hydrogen-bond donors (Lipinski definition) is 0. The molecule has 0 aliphatic rings. The first-order valence-electron chi connectivity index (χ1n) is 6.21. The second-order valence-corrected chi connectivity index (χ2v) is 4.67. The molecule has 0 N–H and O–H groups in total. The summed E-state index contributed by atoms with van der Waals surface area (Å²) in [6.07, 6.45) is 1.09. The van der Waals surface area contributed by atoms with Gasteiger partial charge in [-0.05, 0) is 24.5 Å². The molecule has 0 fully saturated rings. The molecule has 1 heteroatoms. The van der Waals surface area contributed by atoms with Crippen molar-refractivity contribution in [3.63, 3.8) is 0 Å². The maximum absolute atomic E-state index is 2.30. The summed E-state index contributed by atoms with van der Waals surface area (Å²) in [6, 6.07) is 13.3. The Kier molecular flexibility index (Phi) is 3.28. The average Bonchev–Trinajstić information content (AvgIpc) is 2.28. The van der Waals surface area contributed by atoms with Crippen LogP contribution in [0.2, 0.25) is 0 Å². The van der Waals surface area contributed by atoms with E-state index in [1.54, 1.807) is 0 Å². The van der Waals surface area contributed by atoms with Gasteiger partial charge in [-0.25, -0.2) is 0 Å². The third kappa shape index (κ3) is 2.38. The van der Waals surface area contributed by atoms with Crippen molar-refractivity contribution in [1.29, 1.82) is 0 Å². The van der Waals surface area contributed by atoms with Crippen LogP contribution in [0.3, 0.4) is 0 Å². The standard InChI is InChI=1S/C16H20N/c1-5-15-6-8-16(9-7-15)17-13(3)10-12(2)11-14(17)4/h6-11H,5H2,1-4H3/q+1. The molecule has 2 rings (SSSR count). The number of hydrogen-bond acceptors (Lipinski definition) is 0. The molecule has 1 aromatic carbocycles. The zero-order valence-corrected chi connectivity index (χ0v) is 11.1. The Bertz CT molecular complexity index is 501. The molecule has 1 aromatic heterocycles. The summed E-state index contributed by atoms with van der Waals surface area (Å²) in [5, 5.41) is 0. The second kappa shape index (κ2) is 4.70. The van der Waals surface area contributed by atoms with Gasteiger partial charge in [0.1, 0.15) is 0 Å². The molecule has 0 saturated carbocycles. The topological polar surface area (TPSA) is 3.88 Å². The summed E-state index contributed by atoms with van der Waals surface area (Å²) >= 11 is 0. The van der Waals surface area contributed by atoms with Crippen LogP contribution in [0, 0.1) is 20.8 Å². The first-order valence-corrected chi connectivity index (χ1v) is 6.21. The zero-order valence-electron chi connectivity index (χ0n) is 11.1. The van der Waals surface area contributed by atoms with Crippen LogP contribution in [0.15, 0.2) is 36.4 Å². The number of aromatic nitrogens is 1. The first-order chi connectivity index (χ1) is 8.11. The van der Waals surface area contributed by atoms with Crippen molar-refractivity contribution in [3.8, 4) is 5.69 Å². The van der Waals surface area contributed by atoms with E-state index < -0.39 is 0 Å². The fourth-order valence-electron chi connectivity index (χ4n) is 2.40. The Hall–Kier alpha value is -1.63. The third-order valence-corrected chi connectivity index (χ3v) is 3.18. The van der Waals surface area contributed by atoms with Crippen LogP contribution in [0.4, 0.5) is 0 Å². The Morgan fingerprint density at radius 3 is 1.88 bits per heavy atom. The maximum atomic E-state index is 2.30. The number of rotatable bonds is 2. The van der Waals surface area contributed by atoms with E-state index in [1.165, 1.54) is 28.2 Å². The summed E-state index contributed by atoms with van der Waals surface area (Å²) in [5.74, 6) is 0. The number of pyridine rings is 1. The lowest BCUT2D eigenvalue weighted by Crippen LogP contribution is -2.37. The van der Waals surface area contributed by atoms with Gasteiger partial charge >= 0.3 is 0 Å². The number of aryl methyl sites for hydroxylation is 4.